The van der Waals surface area contributed by atoms with Crippen molar-refractivity contribution in [2.45, 2.75) is 50.3 Å². The molecule has 1 saturated carbocycles. The molecule has 2 atom stereocenters. The highest BCUT2D eigenvalue weighted by Crippen LogP contribution is 2.43. The van der Waals surface area contributed by atoms with Crippen molar-refractivity contribution in [3.05, 3.63) is 63.7 Å². The van der Waals surface area contributed by atoms with Crippen LogP contribution in [-0.4, -0.2) is 34.9 Å². The van der Waals surface area contributed by atoms with Gasteiger partial charge in [-0.3, -0.25) is 19.7 Å². The lowest BCUT2D eigenvalue weighted by molar-refractivity contribution is -0.384. The molecular weight excluding hydrogens is 491 g/mol. The van der Waals surface area contributed by atoms with Gasteiger partial charge < -0.3 is 10.0 Å². The first-order valence-electron chi connectivity index (χ1n) is 12.3. The van der Waals surface area contributed by atoms with Gasteiger partial charge in [0.15, 0.2) is 0 Å². The van der Waals surface area contributed by atoms with Crippen molar-refractivity contribution in [2.75, 3.05) is 22.9 Å². The van der Waals surface area contributed by atoms with Crippen LogP contribution in [0, 0.1) is 22.0 Å². The predicted molar refractivity (Wildman–Crippen MR) is 128 cm³/mol. The summed E-state index contributed by atoms with van der Waals surface area (Å²) in [5, 5.41) is 23.1. The van der Waals surface area contributed by atoms with Gasteiger partial charge in [-0.1, -0.05) is 25.0 Å². The molecule has 5 rings (SSSR count). The van der Waals surface area contributed by atoms with E-state index in [1.54, 1.807) is 4.90 Å². The molecule has 0 unspecified atom stereocenters. The van der Waals surface area contributed by atoms with Crippen LogP contribution >= 0.6 is 0 Å². The number of nitrogens with zero attached hydrogens (tertiary/aromatic N) is 3. The van der Waals surface area contributed by atoms with Gasteiger partial charge in [-0.25, -0.2) is 4.90 Å². The monoisotopic (exact) mass is 517 g/mol. The van der Waals surface area contributed by atoms with E-state index in [1.807, 2.05) is 0 Å². The molecule has 0 bridgehead atoms. The van der Waals surface area contributed by atoms with Crippen LogP contribution in [0.5, 0.6) is 0 Å². The predicted octanol–water partition coefficient (Wildman–Crippen LogP) is 4.78. The first-order valence-corrected chi connectivity index (χ1v) is 12.3. The molecule has 3 fully saturated rings. The Hall–Kier alpha value is -3.47. The van der Waals surface area contributed by atoms with E-state index in [1.165, 1.54) is 30.3 Å². The Kier molecular flexibility index (Phi) is 6.21. The summed E-state index contributed by atoms with van der Waals surface area (Å²) in [7, 11) is 0. The summed E-state index contributed by atoms with van der Waals surface area (Å²) in [4.78, 5) is 40.0. The molecule has 2 amide bonds. The van der Waals surface area contributed by atoms with Gasteiger partial charge in [0, 0.05) is 19.2 Å². The topological polar surface area (TPSA) is 104 Å². The molecule has 8 nitrogen and oxygen atoms in total. The third kappa shape index (κ3) is 4.45. The number of nitro benzene ring substituents is 1. The highest BCUT2D eigenvalue weighted by atomic mass is 19.4. The number of nitro groups is 1. The quantitative estimate of drug-likeness (QED) is 0.356. The van der Waals surface area contributed by atoms with Gasteiger partial charge in [0.1, 0.15) is 5.69 Å². The van der Waals surface area contributed by atoms with E-state index in [4.69, 9.17) is 0 Å². The van der Waals surface area contributed by atoms with Crippen LogP contribution in [0.1, 0.15) is 49.7 Å². The van der Waals surface area contributed by atoms with Gasteiger partial charge in [-0.2, -0.15) is 13.2 Å². The molecule has 196 valence electrons. The number of piperidine rings is 1. The maximum atomic E-state index is 13.1. The zero-order valence-corrected chi connectivity index (χ0v) is 19.9. The van der Waals surface area contributed by atoms with E-state index in [2.05, 4.69) is 0 Å². The molecule has 2 aliphatic heterocycles. The Labute approximate surface area is 210 Å². The van der Waals surface area contributed by atoms with E-state index in [0.717, 1.165) is 29.9 Å². The number of benzene rings is 2. The number of anilines is 2. The number of imide groups is 1. The molecule has 3 aliphatic rings. The van der Waals surface area contributed by atoms with Crippen molar-refractivity contribution in [3.63, 3.8) is 0 Å². The lowest BCUT2D eigenvalue weighted by Gasteiger charge is -2.39. The molecule has 37 heavy (non-hydrogen) atoms. The summed E-state index contributed by atoms with van der Waals surface area (Å²) in [6.07, 6.45) is -1.39. The molecule has 1 aliphatic carbocycles. The van der Waals surface area contributed by atoms with Crippen molar-refractivity contribution >= 4 is 28.9 Å². The van der Waals surface area contributed by atoms with Gasteiger partial charge in [-0.15, -0.1) is 0 Å². The Morgan fingerprint density at radius 1 is 0.973 bits per heavy atom. The maximum Gasteiger partial charge on any atom is 0.416 e. The Morgan fingerprint density at radius 3 is 2.16 bits per heavy atom. The summed E-state index contributed by atoms with van der Waals surface area (Å²) in [6.45, 7) is 0.331. The summed E-state index contributed by atoms with van der Waals surface area (Å²) < 4.78 is 39.4. The van der Waals surface area contributed by atoms with E-state index >= 15 is 0 Å². The summed E-state index contributed by atoms with van der Waals surface area (Å²) in [5.74, 6) is -1.40. The first kappa shape index (κ1) is 25.2. The molecule has 11 heteroatoms. The second kappa shape index (κ2) is 9.13. The number of rotatable bonds is 4. The highest BCUT2D eigenvalue weighted by molar-refractivity contribution is 6.22. The molecule has 0 radical (unpaired) electrons. The number of hydrogen-bond donors (Lipinski definition) is 1. The molecule has 2 saturated heterocycles. The second-order valence-electron chi connectivity index (χ2n) is 10.0. The number of amides is 2. The van der Waals surface area contributed by atoms with Gasteiger partial charge in [-0.05, 0) is 55.5 Å². The summed E-state index contributed by atoms with van der Waals surface area (Å²) >= 11 is 0. The fourth-order valence-electron chi connectivity index (χ4n) is 5.87. The normalized spacial score (nSPS) is 23.8. The van der Waals surface area contributed by atoms with Crippen molar-refractivity contribution < 1.29 is 32.8 Å². The van der Waals surface area contributed by atoms with Crippen LogP contribution in [0.3, 0.4) is 0 Å². The van der Waals surface area contributed by atoms with Crippen LogP contribution < -0.4 is 9.80 Å². The average molecular weight is 518 g/mol. The third-order valence-electron chi connectivity index (χ3n) is 7.91. The van der Waals surface area contributed by atoms with Crippen molar-refractivity contribution in [1.82, 2.24) is 0 Å². The average Bonchev–Trinajstić information content (AvgIpc) is 3.14. The number of carbonyl (C=O) groups excluding carboxylic acids is 2. The summed E-state index contributed by atoms with van der Waals surface area (Å²) in [6, 6.07) is 8.82. The number of carbonyl (C=O) groups is 2. The van der Waals surface area contributed by atoms with Crippen molar-refractivity contribution in [2.24, 2.45) is 11.8 Å². The van der Waals surface area contributed by atoms with Crippen LogP contribution in [0.2, 0.25) is 0 Å². The van der Waals surface area contributed by atoms with E-state index in [9.17, 15) is 38.0 Å². The first-order chi connectivity index (χ1) is 17.5. The smallest absolute Gasteiger partial charge is 0.385 e. The van der Waals surface area contributed by atoms with Crippen LogP contribution in [-0.2, 0) is 21.4 Å². The van der Waals surface area contributed by atoms with Crippen molar-refractivity contribution in [3.8, 4) is 0 Å². The molecule has 0 aromatic heterocycles. The number of alkyl halides is 3. The third-order valence-corrected chi connectivity index (χ3v) is 7.91. The Morgan fingerprint density at radius 2 is 1.59 bits per heavy atom. The molecule has 2 aromatic rings. The van der Waals surface area contributed by atoms with Gasteiger partial charge in [0.05, 0.1) is 33.6 Å². The fraction of sp³-hybridized carbons (Fsp3) is 0.462. The van der Waals surface area contributed by atoms with Crippen LogP contribution in [0.25, 0.3) is 0 Å². The molecule has 0 spiro atoms. The molecule has 2 aromatic carbocycles. The molecule has 1 N–H and O–H groups in total. The molecular formula is C26H26F3N3O5. The lowest BCUT2D eigenvalue weighted by Crippen LogP contribution is -2.43. The zero-order chi connectivity index (χ0) is 26.5. The zero-order valence-electron chi connectivity index (χ0n) is 19.9. The number of hydrogen-bond acceptors (Lipinski definition) is 6. The summed E-state index contributed by atoms with van der Waals surface area (Å²) in [5.41, 5.74) is -2.06. The van der Waals surface area contributed by atoms with E-state index < -0.39 is 22.3 Å². The fourth-order valence-corrected chi connectivity index (χ4v) is 5.87. The highest BCUT2D eigenvalue weighted by Gasteiger charge is 2.49. The lowest BCUT2D eigenvalue weighted by atomic mass is 9.81. The maximum absolute atomic E-state index is 13.1. The largest absolute Gasteiger partial charge is 0.416 e. The standard InChI is InChI=1S/C26H26F3N3O5/c27-26(28,29)17-5-3-4-16(14-17)25(35)10-12-30(13-11-25)21-9-8-18(15-22(21)32(36)37)31-23(33)19-6-1-2-7-20(19)24(31)34/h3-5,8-9,14-15,19-20,35H,1-2,6-7,10-13H2/t19-,20-/m1/s1. The Balaban J connectivity index is 1.37. The Bertz CT molecular complexity index is 1230. The number of fused-ring (bicyclic) bond motifs is 1. The van der Waals surface area contributed by atoms with Crippen LogP contribution in [0.15, 0.2) is 42.5 Å². The molecule has 2 heterocycles. The van der Waals surface area contributed by atoms with E-state index in [0.29, 0.717) is 12.8 Å². The van der Waals surface area contributed by atoms with Crippen LogP contribution in [0.4, 0.5) is 30.2 Å². The van der Waals surface area contributed by atoms with Gasteiger partial charge in [0.2, 0.25) is 11.8 Å². The minimum Gasteiger partial charge on any atom is -0.385 e. The van der Waals surface area contributed by atoms with Gasteiger partial charge in [0.25, 0.3) is 5.69 Å². The minimum absolute atomic E-state index is 0.0691. The number of halogens is 3. The SMILES string of the molecule is O=C1[C@@H]2CCCC[C@H]2C(=O)N1c1ccc(N2CCC(O)(c3cccc(C(F)(F)F)c3)CC2)c([N+](=O)[O-])c1. The number of aliphatic hydroxyl groups is 1. The van der Waals surface area contributed by atoms with Gasteiger partial charge >= 0.3 is 6.18 Å². The van der Waals surface area contributed by atoms with E-state index in [-0.39, 0.29) is 72.2 Å². The van der Waals surface area contributed by atoms with Crippen molar-refractivity contribution in [1.29, 1.82) is 0 Å². The second-order valence-corrected chi connectivity index (χ2v) is 10.0. The minimum atomic E-state index is -4.54.